The van der Waals surface area contributed by atoms with Gasteiger partial charge in [0.05, 0.1) is 14.2 Å². The molecule has 2 N–H and O–H groups in total. The summed E-state index contributed by atoms with van der Waals surface area (Å²) in [6, 6.07) is 13.1. The summed E-state index contributed by atoms with van der Waals surface area (Å²) in [5.74, 6) is 1.35. The highest BCUT2D eigenvalue weighted by atomic mass is 16.5. The van der Waals surface area contributed by atoms with Crippen molar-refractivity contribution >= 4 is 23.0 Å². The molecule has 0 unspecified atom stereocenters. The Labute approximate surface area is 130 Å². The van der Waals surface area contributed by atoms with Crippen LogP contribution in [0.3, 0.4) is 0 Å². The quantitative estimate of drug-likeness (QED) is 0.852. The lowest BCUT2D eigenvalue weighted by Crippen LogP contribution is -2.09. The van der Waals surface area contributed by atoms with E-state index in [0.717, 1.165) is 17.1 Å². The minimum Gasteiger partial charge on any atom is -0.493 e. The SMILES string of the molecule is CCC(=O)Nc1ccc(Nc2ccc(OC)c(OC)c2)cc1. The molecule has 0 aliphatic rings. The number of carbonyl (C=O) groups excluding carboxylic acids is 1. The summed E-state index contributed by atoms with van der Waals surface area (Å²) in [7, 11) is 3.21. The highest BCUT2D eigenvalue weighted by Crippen LogP contribution is 2.31. The van der Waals surface area contributed by atoms with Crippen molar-refractivity contribution in [2.45, 2.75) is 13.3 Å². The third-order valence-electron chi connectivity index (χ3n) is 3.16. The number of benzene rings is 2. The fourth-order valence-corrected chi connectivity index (χ4v) is 1.97. The van der Waals surface area contributed by atoms with E-state index in [-0.39, 0.29) is 5.91 Å². The minimum absolute atomic E-state index is 0.000556. The second-order valence-electron chi connectivity index (χ2n) is 4.67. The van der Waals surface area contributed by atoms with Gasteiger partial charge in [0.1, 0.15) is 0 Å². The first kappa shape index (κ1) is 15.7. The average molecular weight is 300 g/mol. The van der Waals surface area contributed by atoms with Gasteiger partial charge in [-0.05, 0) is 36.4 Å². The van der Waals surface area contributed by atoms with Gasteiger partial charge >= 0.3 is 0 Å². The van der Waals surface area contributed by atoms with Crippen molar-refractivity contribution in [3.8, 4) is 11.5 Å². The number of carbonyl (C=O) groups is 1. The van der Waals surface area contributed by atoms with Crippen molar-refractivity contribution in [3.05, 3.63) is 42.5 Å². The number of amides is 1. The first-order valence-electron chi connectivity index (χ1n) is 7.05. The molecule has 0 radical (unpaired) electrons. The molecule has 0 spiro atoms. The summed E-state index contributed by atoms with van der Waals surface area (Å²) in [6.07, 6.45) is 0.464. The molecule has 1 amide bonds. The van der Waals surface area contributed by atoms with E-state index in [0.29, 0.717) is 17.9 Å². The van der Waals surface area contributed by atoms with E-state index in [1.165, 1.54) is 0 Å². The van der Waals surface area contributed by atoms with E-state index >= 15 is 0 Å². The van der Waals surface area contributed by atoms with Crippen LogP contribution in [-0.2, 0) is 4.79 Å². The molecule has 0 saturated carbocycles. The van der Waals surface area contributed by atoms with Gasteiger partial charge in [-0.25, -0.2) is 0 Å². The third-order valence-corrected chi connectivity index (χ3v) is 3.16. The highest BCUT2D eigenvalue weighted by Gasteiger charge is 2.05. The second kappa shape index (κ2) is 7.36. The van der Waals surface area contributed by atoms with E-state index in [2.05, 4.69) is 10.6 Å². The first-order valence-corrected chi connectivity index (χ1v) is 7.05. The van der Waals surface area contributed by atoms with Crippen LogP contribution in [0.5, 0.6) is 11.5 Å². The molecular formula is C17H20N2O3. The number of anilines is 3. The number of hydrogen-bond acceptors (Lipinski definition) is 4. The lowest BCUT2D eigenvalue weighted by molar-refractivity contribution is -0.115. The van der Waals surface area contributed by atoms with E-state index < -0.39 is 0 Å². The van der Waals surface area contributed by atoms with E-state index in [1.54, 1.807) is 14.2 Å². The maximum absolute atomic E-state index is 11.3. The Morgan fingerprint density at radius 1 is 0.909 bits per heavy atom. The summed E-state index contributed by atoms with van der Waals surface area (Å²) in [6.45, 7) is 1.82. The number of methoxy groups -OCH3 is 2. The molecule has 0 saturated heterocycles. The monoisotopic (exact) mass is 300 g/mol. The summed E-state index contributed by atoms with van der Waals surface area (Å²) in [5.41, 5.74) is 2.59. The molecule has 0 aliphatic heterocycles. The maximum atomic E-state index is 11.3. The fraction of sp³-hybridized carbons (Fsp3) is 0.235. The lowest BCUT2D eigenvalue weighted by atomic mass is 10.2. The first-order chi connectivity index (χ1) is 10.7. The van der Waals surface area contributed by atoms with Crippen molar-refractivity contribution in [2.75, 3.05) is 24.9 Å². The molecule has 0 atom stereocenters. The predicted molar refractivity (Wildman–Crippen MR) is 88.2 cm³/mol. The van der Waals surface area contributed by atoms with E-state index in [1.807, 2.05) is 49.4 Å². The smallest absolute Gasteiger partial charge is 0.224 e. The number of nitrogens with one attached hydrogen (secondary N) is 2. The van der Waals surface area contributed by atoms with Crippen LogP contribution in [0, 0.1) is 0 Å². The number of hydrogen-bond donors (Lipinski definition) is 2. The van der Waals surface area contributed by atoms with E-state index in [9.17, 15) is 4.79 Å². The van der Waals surface area contributed by atoms with Gasteiger partial charge in [0.25, 0.3) is 0 Å². The normalized spacial score (nSPS) is 9.95. The molecule has 22 heavy (non-hydrogen) atoms. The molecule has 2 aromatic carbocycles. The zero-order valence-corrected chi connectivity index (χ0v) is 13.0. The van der Waals surface area contributed by atoms with Gasteiger partial charge in [-0.15, -0.1) is 0 Å². The second-order valence-corrected chi connectivity index (χ2v) is 4.67. The van der Waals surface area contributed by atoms with Crippen LogP contribution in [0.1, 0.15) is 13.3 Å². The summed E-state index contributed by atoms with van der Waals surface area (Å²) in [4.78, 5) is 11.3. The number of rotatable bonds is 6. The molecule has 2 aromatic rings. The molecule has 116 valence electrons. The largest absolute Gasteiger partial charge is 0.493 e. The van der Waals surface area contributed by atoms with Crippen LogP contribution in [0.25, 0.3) is 0 Å². The standard InChI is InChI=1S/C17H20N2O3/c1-4-17(20)19-13-7-5-12(6-8-13)18-14-9-10-15(21-2)16(11-14)22-3/h5-11,18H,4H2,1-3H3,(H,19,20). The molecule has 5 nitrogen and oxygen atoms in total. The summed E-state index contributed by atoms with van der Waals surface area (Å²) < 4.78 is 10.5. The topological polar surface area (TPSA) is 59.6 Å². The van der Waals surface area contributed by atoms with Gasteiger partial charge in [-0.1, -0.05) is 6.92 Å². The third kappa shape index (κ3) is 3.91. The Morgan fingerprint density at radius 3 is 2.09 bits per heavy atom. The molecule has 0 aliphatic carbocycles. The zero-order chi connectivity index (χ0) is 15.9. The molecular weight excluding hydrogens is 280 g/mol. The van der Waals surface area contributed by atoms with E-state index in [4.69, 9.17) is 9.47 Å². The predicted octanol–water partition coefficient (Wildman–Crippen LogP) is 3.80. The van der Waals surface area contributed by atoms with Crippen LogP contribution in [0.4, 0.5) is 17.1 Å². The van der Waals surface area contributed by atoms with Crippen molar-refractivity contribution in [3.63, 3.8) is 0 Å². The Morgan fingerprint density at radius 2 is 1.50 bits per heavy atom. The Balaban J connectivity index is 2.09. The van der Waals surface area contributed by atoms with Crippen LogP contribution in [-0.4, -0.2) is 20.1 Å². The Hall–Kier alpha value is -2.69. The summed E-state index contributed by atoms with van der Waals surface area (Å²) >= 11 is 0. The van der Waals surface area contributed by atoms with Crippen LogP contribution >= 0.6 is 0 Å². The average Bonchev–Trinajstić information content (AvgIpc) is 2.56. The van der Waals surface area contributed by atoms with Gasteiger partial charge in [0.15, 0.2) is 11.5 Å². The molecule has 0 bridgehead atoms. The lowest BCUT2D eigenvalue weighted by Gasteiger charge is -2.12. The van der Waals surface area contributed by atoms with Crippen molar-refractivity contribution in [1.82, 2.24) is 0 Å². The van der Waals surface area contributed by atoms with Gasteiger partial charge < -0.3 is 20.1 Å². The minimum atomic E-state index is 0.000556. The summed E-state index contributed by atoms with van der Waals surface area (Å²) in [5, 5.41) is 6.09. The van der Waals surface area contributed by atoms with Gasteiger partial charge in [0, 0.05) is 29.5 Å². The zero-order valence-electron chi connectivity index (χ0n) is 13.0. The molecule has 0 heterocycles. The Kier molecular flexibility index (Phi) is 5.25. The molecule has 5 heteroatoms. The van der Waals surface area contributed by atoms with Gasteiger partial charge in [-0.3, -0.25) is 4.79 Å². The molecule has 0 fully saturated rings. The van der Waals surface area contributed by atoms with Crippen LogP contribution in [0.2, 0.25) is 0 Å². The van der Waals surface area contributed by atoms with Crippen molar-refractivity contribution in [1.29, 1.82) is 0 Å². The van der Waals surface area contributed by atoms with Crippen molar-refractivity contribution in [2.24, 2.45) is 0 Å². The molecule has 2 rings (SSSR count). The van der Waals surface area contributed by atoms with Crippen molar-refractivity contribution < 1.29 is 14.3 Å². The Bertz CT molecular complexity index is 639. The number of ether oxygens (including phenoxy) is 2. The maximum Gasteiger partial charge on any atom is 0.224 e. The fourth-order valence-electron chi connectivity index (χ4n) is 1.97. The van der Waals surface area contributed by atoms with Crippen LogP contribution in [0.15, 0.2) is 42.5 Å². The van der Waals surface area contributed by atoms with Gasteiger partial charge in [0.2, 0.25) is 5.91 Å². The van der Waals surface area contributed by atoms with Crippen LogP contribution < -0.4 is 20.1 Å². The molecule has 0 aromatic heterocycles. The van der Waals surface area contributed by atoms with Gasteiger partial charge in [-0.2, -0.15) is 0 Å². The highest BCUT2D eigenvalue weighted by molar-refractivity contribution is 5.90.